The maximum atomic E-state index is 10.9. The largest absolute Gasteiger partial charge is 0.496 e. The molecule has 8 N–H and O–H groups in total. The first-order valence-electron chi connectivity index (χ1n) is 17.6. The highest BCUT2D eigenvalue weighted by Crippen LogP contribution is 2.32. The van der Waals surface area contributed by atoms with Gasteiger partial charge in [-0.1, -0.05) is 75.5 Å². The number of hydrogen-bond acceptors (Lipinski definition) is 8. The molecule has 6 aromatic rings. The van der Waals surface area contributed by atoms with E-state index in [2.05, 4.69) is 38.7 Å². The van der Waals surface area contributed by atoms with Crippen LogP contribution in [0.4, 0.5) is 21.0 Å². The van der Waals surface area contributed by atoms with Gasteiger partial charge in [-0.05, 0) is 135 Å². The SMILES string of the molecule is C.C.COc1ccc(Cc2ccc(NC(N)=O)cc2)cc1-c1cccc(C#N)c1.COc1ccc(Cc2ccc(NC(N)=O)cc2)cc1Br.N#Cc1cccc(B(O)O)c1. The Morgan fingerprint density at radius 1 is 0.633 bits per heavy atom. The van der Waals surface area contributed by atoms with E-state index < -0.39 is 19.2 Å². The summed E-state index contributed by atoms with van der Waals surface area (Å²) in [6, 6.07) is 43.7. The molecule has 60 heavy (non-hydrogen) atoms. The van der Waals surface area contributed by atoms with Gasteiger partial charge >= 0.3 is 19.2 Å². The number of nitrogens with two attached hydrogens (primary N) is 2. The third-order valence-corrected chi connectivity index (χ3v) is 8.98. The molecule has 0 aliphatic heterocycles. The van der Waals surface area contributed by atoms with Crippen molar-refractivity contribution in [1.29, 1.82) is 10.5 Å². The predicted octanol–water partition coefficient (Wildman–Crippen LogP) is 8.36. The van der Waals surface area contributed by atoms with E-state index in [0.29, 0.717) is 28.0 Å². The van der Waals surface area contributed by atoms with Crippen LogP contribution in [0.3, 0.4) is 0 Å². The maximum absolute atomic E-state index is 10.9. The van der Waals surface area contributed by atoms with E-state index in [1.54, 1.807) is 38.5 Å². The van der Waals surface area contributed by atoms with Crippen LogP contribution in [0.1, 0.15) is 48.2 Å². The lowest BCUT2D eigenvalue weighted by Crippen LogP contribution is -2.29. The van der Waals surface area contributed by atoms with Crippen LogP contribution in [-0.2, 0) is 12.8 Å². The first-order chi connectivity index (χ1) is 27.9. The molecule has 0 radical (unpaired) electrons. The fourth-order valence-corrected chi connectivity index (χ4v) is 6.19. The zero-order chi connectivity index (χ0) is 42.0. The molecule has 4 amide bonds. The molecule has 0 aliphatic rings. The molecule has 6 aromatic carbocycles. The van der Waals surface area contributed by atoms with Crippen LogP contribution in [0.2, 0.25) is 0 Å². The van der Waals surface area contributed by atoms with E-state index in [1.807, 2.05) is 103 Å². The van der Waals surface area contributed by atoms with Gasteiger partial charge in [0.1, 0.15) is 11.5 Å². The van der Waals surface area contributed by atoms with Crippen molar-refractivity contribution in [2.24, 2.45) is 11.5 Å². The molecule has 0 spiro atoms. The molecule has 0 atom stereocenters. The summed E-state index contributed by atoms with van der Waals surface area (Å²) in [5, 5.41) is 40.0. The molecular formula is C46H48BBrN6O6. The molecule has 0 aliphatic carbocycles. The predicted molar refractivity (Wildman–Crippen MR) is 243 cm³/mol. The summed E-state index contributed by atoms with van der Waals surface area (Å²) in [5.74, 6) is 1.57. The second-order valence-electron chi connectivity index (χ2n) is 12.5. The van der Waals surface area contributed by atoms with Gasteiger partial charge in [0.15, 0.2) is 0 Å². The number of carbonyl (C=O) groups excluding carboxylic acids is 2. The highest BCUT2D eigenvalue weighted by molar-refractivity contribution is 9.10. The first kappa shape index (κ1) is 49.1. The number of hydrogen-bond donors (Lipinski definition) is 6. The minimum absolute atomic E-state index is 0. The van der Waals surface area contributed by atoms with Gasteiger partial charge < -0.3 is 41.6 Å². The molecule has 0 saturated heterocycles. The maximum Gasteiger partial charge on any atom is 0.488 e. The highest BCUT2D eigenvalue weighted by Gasteiger charge is 2.11. The fraction of sp³-hybridized carbons (Fsp3) is 0.130. The second-order valence-corrected chi connectivity index (χ2v) is 13.4. The normalized spacial score (nSPS) is 9.52. The molecule has 12 nitrogen and oxygen atoms in total. The van der Waals surface area contributed by atoms with Crippen LogP contribution in [0.15, 0.2) is 138 Å². The topological polar surface area (TPSA) is 217 Å². The Balaban J connectivity index is 0.000000331. The smallest absolute Gasteiger partial charge is 0.488 e. The van der Waals surface area contributed by atoms with Crippen molar-refractivity contribution < 1.29 is 29.1 Å². The summed E-state index contributed by atoms with van der Waals surface area (Å²) < 4.78 is 11.6. The summed E-state index contributed by atoms with van der Waals surface area (Å²) in [6.07, 6.45) is 1.53. The number of rotatable bonds is 10. The molecule has 0 saturated carbocycles. The number of nitriles is 2. The van der Waals surface area contributed by atoms with Crippen molar-refractivity contribution in [2.75, 3.05) is 24.9 Å². The van der Waals surface area contributed by atoms with Crippen molar-refractivity contribution in [3.8, 4) is 34.8 Å². The average Bonchev–Trinajstić information content (AvgIpc) is 3.22. The summed E-state index contributed by atoms with van der Waals surface area (Å²) >= 11 is 3.47. The van der Waals surface area contributed by atoms with E-state index in [0.717, 1.165) is 56.6 Å². The van der Waals surface area contributed by atoms with Crippen molar-refractivity contribution in [1.82, 2.24) is 0 Å². The number of halogens is 1. The van der Waals surface area contributed by atoms with Crippen molar-refractivity contribution >= 4 is 51.9 Å². The standard InChI is InChI=1S/C22H19N3O2.C15H15BrN2O2.C7H6BNO2.2CH4/c1-27-21-10-7-16(11-15-5-8-19(9-6-15)25-22(24)26)13-20(21)18-4-2-3-17(12-18)14-23;1-20-14-7-4-11(9-13(14)16)8-10-2-5-12(6-3-10)18-15(17)19;9-5-6-2-1-3-7(4-6)8(10)11;;/h2-10,12-13H,11H2,1H3,(H3,24,25,26);2-7,9H,8H2,1H3,(H3,17,18,19);1-4,10-11H;2*1H4. The van der Waals surface area contributed by atoms with Crippen molar-refractivity contribution in [2.45, 2.75) is 27.7 Å². The zero-order valence-corrected chi connectivity index (χ0v) is 33.2. The number of methoxy groups -OCH3 is 2. The Labute approximate surface area is 360 Å². The number of amides is 4. The lowest BCUT2D eigenvalue weighted by Gasteiger charge is -2.12. The van der Waals surface area contributed by atoms with Gasteiger partial charge in [-0.15, -0.1) is 0 Å². The summed E-state index contributed by atoms with van der Waals surface area (Å²) in [4.78, 5) is 21.6. The molecule has 14 heteroatoms. The molecule has 0 fully saturated rings. The second kappa shape index (κ2) is 24.6. The molecule has 0 bridgehead atoms. The van der Waals surface area contributed by atoms with Crippen LogP contribution in [-0.4, -0.2) is 43.4 Å². The van der Waals surface area contributed by atoms with Gasteiger partial charge in [0.25, 0.3) is 0 Å². The summed E-state index contributed by atoms with van der Waals surface area (Å²) in [6.45, 7) is 0. The number of urea groups is 2. The lowest BCUT2D eigenvalue weighted by molar-refractivity contribution is 0.258. The Morgan fingerprint density at radius 3 is 1.53 bits per heavy atom. The molecular weight excluding hydrogens is 823 g/mol. The van der Waals surface area contributed by atoms with Crippen LogP contribution >= 0.6 is 15.9 Å². The molecule has 308 valence electrons. The number of nitrogens with one attached hydrogen (secondary N) is 2. The molecule has 0 heterocycles. The fourth-order valence-electron chi connectivity index (χ4n) is 5.60. The monoisotopic (exact) mass is 870 g/mol. The van der Waals surface area contributed by atoms with Crippen LogP contribution in [0.25, 0.3) is 11.1 Å². The number of ether oxygens (including phenoxy) is 2. The van der Waals surface area contributed by atoms with Gasteiger partial charge in [0.2, 0.25) is 0 Å². The number of primary amides is 2. The van der Waals surface area contributed by atoms with Crippen molar-refractivity contribution in [3.05, 3.63) is 171 Å². The Morgan fingerprint density at radius 2 is 1.08 bits per heavy atom. The number of benzene rings is 6. The van der Waals surface area contributed by atoms with Gasteiger partial charge in [-0.2, -0.15) is 10.5 Å². The first-order valence-corrected chi connectivity index (χ1v) is 18.4. The highest BCUT2D eigenvalue weighted by atomic mass is 79.9. The van der Waals surface area contributed by atoms with E-state index >= 15 is 0 Å². The van der Waals surface area contributed by atoms with Crippen molar-refractivity contribution in [3.63, 3.8) is 0 Å². The Bertz CT molecular complexity index is 2420. The van der Waals surface area contributed by atoms with Crippen LogP contribution in [0, 0.1) is 22.7 Å². The third-order valence-electron chi connectivity index (χ3n) is 8.36. The van der Waals surface area contributed by atoms with Gasteiger partial charge in [0.05, 0.1) is 42.0 Å². The minimum atomic E-state index is -1.50. The average molecular weight is 872 g/mol. The number of anilines is 2. The van der Waals surface area contributed by atoms with E-state index in [1.165, 1.54) is 11.6 Å². The Kier molecular flexibility index (Phi) is 20.1. The number of carbonyl (C=O) groups is 2. The van der Waals surface area contributed by atoms with Gasteiger partial charge in [-0.25, -0.2) is 9.59 Å². The van der Waals surface area contributed by atoms with Crippen LogP contribution in [0.5, 0.6) is 11.5 Å². The van der Waals surface area contributed by atoms with Crippen LogP contribution < -0.4 is 37.0 Å². The lowest BCUT2D eigenvalue weighted by atomic mass is 9.80. The van der Waals surface area contributed by atoms with E-state index in [4.69, 9.17) is 41.5 Å². The van der Waals surface area contributed by atoms with E-state index in [9.17, 15) is 9.59 Å². The third kappa shape index (κ3) is 15.3. The van der Waals surface area contributed by atoms with Gasteiger partial charge in [-0.3, -0.25) is 0 Å². The Hall–Kier alpha value is -7.10. The van der Waals surface area contributed by atoms with Gasteiger partial charge in [0, 0.05) is 16.9 Å². The number of nitrogens with zero attached hydrogens (tertiary/aromatic N) is 2. The van der Waals surface area contributed by atoms with E-state index in [-0.39, 0.29) is 14.9 Å². The minimum Gasteiger partial charge on any atom is -0.496 e. The summed E-state index contributed by atoms with van der Waals surface area (Å²) in [7, 11) is 1.78. The zero-order valence-electron chi connectivity index (χ0n) is 31.6. The quantitative estimate of drug-likeness (QED) is 0.0734. The molecule has 0 aromatic heterocycles. The molecule has 0 unspecified atom stereocenters. The molecule has 6 rings (SSSR count). The summed E-state index contributed by atoms with van der Waals surface area (Å²) in [5.41, 5.74) is 19.3.